The molecular formula is C12H14N3O2. The van der Waals surface area contributed by atoms with E-state index in [0.29, 0.717) is 12.1 Å². The molecule has 0 spiro atoms. The second kappa shape index (κ2) is 4.86. The third kappa shape index (κ3) is 2.55. The average molecular weight is 232 g/mol. The summed E-state index contributed by atoms with van der Waals surface area (Å²) in [6, 6.07) is 5.73. The summed E-state index contributed by atoms with van der Waals surface area (Å²) in [5, 5.41) is 10.3. The molecule has 0 saturated carbocycles. The van der Waals surface area contributed by atoms with Crippen molar-refractivity contribution in [3.05, 3.63) is 42.1 Å². The normalized spacial score (nSPS) is 10.3. The summed E-state index contributed by atoms with van der Waals surface area (Å²) in [7, 11) is 3.26. The molecule has 2 aromatic rings. The lowest BCUT2D eigenvalue weighted by molar-refractivity contribution is 0.393. The van der Waals surface area contributed by atoms with E-state index in [2.05, 4.69) is 22.3 Å². The first-order chi connectivity index (χ1) is 8.22. The van der Waals surface area contributed by atoms with E-state index >= 15 is 0 Å². The molecule has 0 bridgehead atoms. The van der Waals surface area contributed by atoms with E-state index in [1.165, 1.54) is 0 Å². The number of rotatable bonds is 4. The van der Waals surface area contributed by atoms with E-state index in [4.69, 9.17) is 9.47 Å². The van der Waals surface area contributed by atoms with Crippen LogP contribution in [0.4, 0.5) is 0 Å². The zero-order valence-corrected chi connectivity index (χ0v) is 9.86. The number of benzene rings is 1. The van der Waals surface area contributed by atoms with E-state index < -0.39 is 0 Å². The Hall–Kier alpha value is -2.04. The molecule has 1 N–H and O–H groups in total. The Morgan fingerprint density at radius 3 is 2.29 bits per heavy atom. The second-order valence-corrected chi connectivity index (χ2v) is 3.63. The van der Waals surface area contributed by atoms with Crippen molar-refractivity contribution >= 4 is 0 Å². The summed E-state index contributed by atoms with van der Waals surface area (Å²) < 4.78 is 10.4. The number of nitrogens with zero attached hydrogens (tertiary/aromatic N) is 2. The van der Waals surface area contributed by atoms with Crippen LogP contribution in [0.15, 0.2) is 18.2 Å². The van der Waals surface area contributed by atoms with Gasteiger partial charge in [0.1, 0.15) is 11.5 Å². The number of hydrogen-bond acceptors (Lipinski definition) is 4. The molecule has 5 nitrogen and oxygen atoms in total. The fourth-order valence-corrected chi connectivity index (χ4v) is 1.58. The molecule has 89 valence electrons. The Kier molecular flexibility index (Phi) is 3.27. The van der Waals surface area contributed by atoms with Crippen molar-refractivity contribution in [1.29, 1.82) is 0 Å². The van der Waals surface area contributed by atoms with Crippen LogP contribution in [0.1, 0.15) is 17.0 Å². The third-order valence-corrected chi connectivity index (χ3v) is 2.50. The van der Waals surface area contributed by atoms with Gasteiger partial charge in [-0.25, -0.2) is 0 Å². The summed E-state index contributed by atoms with van der Waals surface area (Å²) in [4.78, 5) is 0. The molecule has 0 aliphatic heterocycles. The predicted molar refractivity (Wildman–Crippen MR) is 63.2 cm³/mol. The van der Waals surface area contributed by atoms with Crippen LogP contribution in [-0.2, 0) is 6.42 Å². The molecule has 1 heterocycles. The highest BCUT2D eigenvalue weighted by molar-refractivity contribution is 5.40. The van der Waals surface area contributed by atoms with Crippen molar-refractivity contribution in [3.63, 3.8) is 0 Å². The molecule has 1 aromatic carbocycles. The molecule has 0 fully saturated rings. The van der Waals surface area contributed by atoms with E-state index in [1.54, 1.807) is 14.2 Å². The summed E-state index contributed by atoms with van der Waals surface area (Å²) in [6.07, 6.45) is 0.666. The van der Waals surface area contributed by atoms with E-state index in [-0.39, 0.29) is 0 Å². The van der Waals surface area contributed by atoms with Gasteiger partial charge < -0.3 is 9.47 Å². The molecule has 2 rings (SSSR count). The van der Waals surface area contributed by atoms with Crippen LogP contribution >= 0.6 is 0 Å². The quantitative estimate of drug-likeness (QED) is 0.869. The SMILES string of the molecule is [CH2]c1nn[nH]c1Cc1cc(OC)cc(OC)c1. The minimum atomic E-state index is 0.659. The molecule has 0 unspecified atom stereocenters. The lowest BCUT2D eigenvalue weighted by atomic mass is 10.1. The highest BCUT2D eigenvalue weighted by atomic mass is 16.5. The predicted octanol–water partition coefficient (Wildman–Crippen LogP) is 1.59. The average Bonchev–Trinajstić information content (AvgIpc) is 2.74. The molecule has 17 heavy (non-hydrogen) atoms. The number of hydrogen-bond donors (Lipinski definition) is 1. The van der Waals surface area contributed by atoms with Gasteiger partial charge in [0.2, 0.25) is 0 Å². The van der Waals surface area contributed by atoms with Crippen molar-refractivity contribution in [1.82, 2.24) is 15.4 Å². The third-order valence-electron chi connectivity index (χ3n) is 2.50. The molecule has 0 amide bonds. The lowest BCUT2D eigenvalue weighted by Crippen LogP contribution is -1.94. The summed E-state index contributed by atoms with van der Waals surface area (Å²) in [5.41, 5.74) is 2.60. The monoisotopic (exact) mass is 232 g/mol. The summed E-state index contributed by atoms with van der Waals surface area (Å²) >= 11 is 0. The molecule has 0 saturated heterocycles. The molecule has 0 atom stereocenters. The Bertz CT molecular complexity index is 486. The molecule has 0 aliphatic rings. The Morgan fingerprint density at radius 2 is 1.82 bits per heavy atom. The van der Waals surface area contributed by atoms with Crippen LogP contribution in [0, 0.1) is 6.92 Å². The Balaban J connectivity index is 2.29. The first-order valence-corrected chi connectivity index (χ1v) is 5.16. The van der Waals surface area contributed by atoms with Crippen molar-refractivity contribution in [2.75, 3.05) is 14.2 Å². The number of aromatic amines is 1. The van der Waals surface area contributed by atoms with Crippen LogP contribution in [-0.4, -0.2) is 29.6 Å². The molecule has 5 heteroatoms. The van der Waals surface area contributed by atoms with Crippen LogP contribution in [0.25, 0.3) is 0 Å². The second-order valence-electron chi connectivity index (χ2n) is 3.63. The number of H-pyrrole nitrogens is 1. The van der Waals surface area contributed by atoms with E-state index in [1.807, 2.05) is 18.2 Å². The fraction of sp³-hybridized carbons (Fsp3) is 0.250. The Labute approximate surface area is 99.8 Å². The Morgan fingerprint density at radius 1 is 1.18 bits per heavy atom. The van der Waals surface area contributed by atoms with Gasteiger partial charge in [-0.05, 0) is 24.6 Å². The van der Waals surface area contributed by atoms with Gasteiger partial charge in [0, 0.05) is 12.5 Å². The van der Waals surface area contributed by atoms with Crippen LogP contribution in [0.5, 0.6) is 11.5 Å². The number of nitrogens with one attached hydrogen (secondary N) is 1. The number of ether oxygens (including phenoxy) is 2. The first kappa shape index (κ1) is 11.4. The molecular weight excluding hydrogens is 218 g/mol. The zero-order chi connectivity index (χ0) is 12.3. The largest absolute Gasteiger partial charge is 0.497 e. The van der Waals surface area contributed by atoms with E-state index in [0.717, 1.165) is 22.8 Å². The van der Waals surface area contributed by atoms with Gasteiger partial charge in [-0.2, -0.15) is 0 Å². The molecule has 1 radical (unpaired) electrons. The summed E-state index contributed by atoms with van der Waals surface area (Å²) in [6.45, 7) is 3.79. The first-order valence-electron chi connectivity index (χ1n) is 5.16. The maximum absolute atomic E-state index is 5.21. The maximum atomic E-state index is 5.21. The topological polar surface area (TPSA) is 60.0 Å². The minimum absolute atomic E-state index is 0.659. The molecule has 1 aromatic heterocycles. The van der Waals surface area contributed by atoms with Gasteiger partial charge in [-0.1, -0.05) is 5.21 Å². The highest BCUT2D eigenvalue weighted by Crippen LogP contribution is 2.24. The van der Waals surface area contributed by atoms with Gasteiger partial charge in [-0.15, -0.1) is 5.10 Å². The van der Waals surface area contributed by atoms with Gasteiger partial charge in [0.25, 0.3) is 0 Å². The van der Waals surface area contributed by atoms with Gasteiger partial charge in [0.05, 0.1) is 25.6 Å². The van der Waals surface area contributed by atoms with Crippen molar-refractivity contribution in [3.8, 4) is 11.5 Å². The minimum Gasteiger partial charge on any atom is -0.497 e. The smallest absolute Gasteiger partial charge is 0.122 e. The zero-order valence-electron chi connectivity index (χ0n) is 9.86. The van der Waals surface area contributed by atoms with Crippen LogP contribution in [0.3, 0.4) is 0 Å². The number of methoxy groups -OCH3 is 2. The van der Waals surface area contributed by atoms with Crippen molar-refractivity contribution in [2.45, 2.75) is 6.42 Å². The fourth-order valence-electron chi connectivity index (χ4n) is 1.58. The lowest BCUT2D eigenvalue weighted by Gasteiger charge is -2.07. The van der Waals surface area contributed by atoms with Crippen molar-refractivity contribution in [2.24, 2.45) is 0 Å². The van der Waals surface area contributed by atoms with Crippen LogP contribution < -0.4 is 9.47 Å². The van der Waals surface area contributed by atoms with Crippen molar-refractivity contribution < 1.29 is 9.47 Å². The van der Waals surface area contributed by atoms with Gasteiger partial charge >= 0.3 is 0 Å². The van der Waals surface area contributed by atoms with Gasteiger partial charge in [-0.3, -0.25) is 5.10 Å². The molecule has 0 aliphatic carbocycles. The van der Waals surface area contributed by atoms with Crippen LogP contribution in [0.2, 0.25) is 0 Å². The number of aromatic nitrogens is 3. The van der Waals surface area contributed by atoms with Gasteiger partial charge in [0.15, 0.2) is 0 Å². The summed E-state index contributed by atoms with van der Waals surface area (Å²) in [5.74, 6) is 1.52. The van der Waals surface area contributed by atoms with E-state index in [9.17, 15) is 0 Å². The maximum Gasteiger partial charge on any atom is 0.122 e. The highest BCUT2D eigenvalue weighted by Gasteiger charge is 2.06. The standard InChI is InChI=1S/C12H14N3O2/c1-8-12(14-15-13-8)6-9-4-10(16-2)7-11(5-9)17-3/h4-5,7H,1,6H2,2-3H3,(H,13,14,15).